The van der Waals surface area contributed by atoms with Gasteiger partial charge in [0.15, 0.2) is 16.0 Å². The number of amides is 1. The van der Waals surface area contributed by atoms with E-state index in [0.717, 1.165) is 10.8 Å². The van der Waals surface area contributed by atoms with Crippen molar-refractivity contribution in [2.75, 3.05) is 7.11 Å². The highest BCUT2D eigenvalue weighted by molar-refractivity contribution is 7.16. The molecule has 29 heavy (non-hydrogen) atoms. The van der Waals surface area contributed by atoms with E-state index in [2.05, 4.69) is 4.99 Å². The number of thiazole rings is 1. The molecule has 2 heterocycles. The second kappa shape index (κ2) is 7.65. The second-order valence-corrected chi connectivity index (χ2v) is 7.44. The van der Waals surface area contributed by atoms with Crippen LogP contribution < -0.4 is 10.2 Å². The molecule has 0 aliphatic rings. The van der Waals surface area contributed by atoms with Crippen LogP contribution >= 0.6 is 22.9 Å². The number of carbonyl (C=O) groups excluding carboxylic acids is 2. The zero-order valence-electron chi connectivity index (χ0n) is 15.0. The van der Waals surface area contributed by atoms with Gasteiger partial charge in [0.25, 0.3) is 0 Å². The zero-order valence-corrected chi connectivity index (χ0v) is 16.6. The van der Waals surface area contributed by atoms with Crippen LogP contribution in [0.25, 0.3) is 21.2 Å². The van der Waals surface area contributed by atoms with Crippen LogP contribution in [-0.4, -0.2) is 23.6 Å². The Kier molecular flexibility index (Phi) is 5.04. The van der Waals surface area contributed by atoms with E-state index in [4.69, 9.17) is 20.8 Å². The number of esters is 1. The summed E-state index contributed by atoms with van der Waals surface area (Å²) in [6, 6.07) is 13.0. The van der Waals surface area contributed by atoms with E-state index in [1.807, 2.05) is 0 Å². The number of methoxy groups -OCH3 is 1. The molecule has 0 aliphatic heterocycles. The van der Waals surface area contributed by atoms with E-state index >= 15 is 0 Å². The summed E-state index contributed by atoms with van der Waals surface area (Å²) in [6.45, 7) is -0.173. The van der Waals surface area contributed by atoms with Gasteiger partial charge in [-0.05, 0) is 24.3 Å². The molecule has 146 valence electrons. The van der Waals surface area contributed by atoms with Crippen molar-refractivity contribution in [1.82, 2.24) is 4.57 Å². The number of carbonyl (C=O) groups is 2. The number of hydrogen-bond donors (Lipinski definition) is 0. The lowest BCUT2D eigenvalue weighted by atomic mass is 10.2. The zero-order chi connectivity index (χ0) is 20.5. The largest absolute Gasteiger partial charge is 0.468 e. The van der Waals surface area contributed by atoms with Crippen LogP contribution in [0.1, 0.15) is 10.6 Å². The Morgan fingerprint density at radius 2 is 2.00 bits per heavy atom. The third kappa shape index (κ3) is 3.59. The quantitative estimate of drug-likeness (QED) is 0.466. The van der Waals surface area contributed by atoms with Crippen molar-refractivity contribution in [2.24, 2.45) is 4.99 Å². The normalized spacial score (nSPS) is 11.9. The molecule has 0 fully saturated rings. The van der Waals surface area contributed by atoms with E-state index in [1.165, 1.54) is 23.0 Å². The van der Waals surface area contributed by atoms with Crippen LogP contribution in [-0.2, 0) is 16.1 Å². The Bertz CT molecular complexity index is 1400. The first-order valence-electron chi connectivity index (χ1n) is 8.44. The van der Waals surface area contributed by atoms with Gasteiger partial charge in [-0.3, -0.25) is 14.4 Å². The van der Waals surface area contributed by atoms with Crippen LogP contribution in [0.5, 0.6) is 0 Å². The Labute approximate surface area is 172 Å². The lowest BCUT2D eigenvalue weighted by Crippen LogP contribution is -2.22. The average Bonchev–Trinajstić information content (AvgIpc) is 3.06. The molecule has 0 N–H and O–H groups in total. The molecule has 7 nitrogen and oxygen atoms in total. The number of ether oxygens (including phenoxy) is 1. The number of para-hydroxylation sites is 2. The number of fused-ring (bicyclic) bond motifs is 2. The minimum Gasteiger partial charge on any atom is -0.468 e. The first-order valence-corrected chi connectivity index (χ1v) is 9.64. The number of hydrogen-bond acceptors (Lipinski definition) is 6. The lowest BCUT2D eigenvalue weighted by Gasteiger charge is -2.04. The van der Waals surface area contributed by atoms with Gasteiger partial charge >= 0.3 is 11.9 Å². The molecular formula is C20H13ClN2O5S. The fourth-order valence-electron chi connectivity index (χ4n) is 2.86. The Hall–Kier alpha value is -3.23. The molecule has 0 atom stereocenters. The molecule has 9 heteroatoms. The van der Waals surface area contributed by atoms with Gasteiger partial charge in [0.05, 0.1) is 27.7 Å². The maximum Gasteiger partial charge on any atom is 0.325 e. The summed E-state index contributed by atoms with van der Waals surface area (Å²) in [5, 5.41) is 0.784. The molecule has 2 aromatic carbocycles. The number of rotatable bonds is 3. The average molecular weight is 429 g/mol. The molecule has 4 aromatic rings. The van der Waals surface area contributed by atoms with Crippen molar-refractivity contribution >= 4 is 56.0 Å². The molecule has 4 rings (SSSR count). The van der Waals surface area contributed by atoms with Crippen molar-refractivity contribution in [1.29, 1.82) is 0 Å². The monoisotopic (exact) mass is 428 g/mol. The van der Waals surface area contributed by atoms with E-state index in [-0.39, 0.29) is 22.5 Å². The molecule has 0 bridgehead atoms. The fourth-order valence-corrected chi connectivity index (χ4v) is 4.25. The van der Waals surface area contributed by atoms with Crippen LogP contribution in [0.15, 0.2) is 62.7 Å². The van der Waals surface area contributed by atoms with Gasteiger partial charge in [0, 0.05) is 6.07 Å². The summed E-state index contributed by atoms with van der Waals surface area (Å²) in [5.41, 5.74) is 0.517. The third-order valence-corrected chi connectivity index (χ3v) is 5.56. The van der Waals surface area contributed by atoms with E-state index in [1.54, 1.807) is 42.5 Å². The molecule has 0 saturated carbocycles. The minimum absolute atomic E-state index is 0.173. The molecule has 0 aliphatic carbocycles. The second-order valence-electron chi connectivity index (χ2n) is 6.02. The summed E-state index contributed by atoms with van der Waals surface area (Å²) in [6.07, 6.45) is 0. The van der Waals surface area contributed by atoms with Gasteiger partial charge < -0.3 is 13.7 Å². The predicted octanol–water partition coefficient (Wildman–Crippen LogP) is 3.38. The van der Waals surface area contributed by atoms with Gasteiger partial charge in [-0.15, -0.1) is 0 Å². The third-order valence-electron chi connectivity index (χ3n) is 4.21. The Morgan fingerprint density at radius 3 is 2.79 bits per heavy atom. The summed E-state index contributed by atoms with van der Waals surface area (Å²) < 4.78 is 12.5. The van der Waals surface area contributed by atoms with Gasteiger partial charge in [-0.1, -0.05) is 41.1 Å². The Morgan fingerprint density at radius 1 is 1.21 bits per heavy atom. The Balaban J connectivity index is 1.89. The minimum atomic E-state index is -0.742. The lowest BCUT2D eigenvalue weighted by molar-refractivity contribution is -0.141. The molecule has 0 unspecified atom stereocenters. The van der Waals surface area contributed by atoms with E-state index in [9.17, 15) is 14.4 Å². The summed E-state index contributed by atoms with van der Waals surface area (Å²) in [5.74, 6) is -1.45. The maximum absolute atomic E-state index is 12.7. The van der Waals surface area contributed by atoms with E-state index < -0.39 is 11.9 Å². The van der Waals surface area contributed by atoms with Crippen molar-refractivity contribution in [3.8, 4) is 0 Å². The molecule has 0 saturated heterocycles. The van der Waals surface area contributed by atoms with Crippen molar-refractivity contribution in [3.63, 3.8) is 0 Å². The van der Waals surface area contributed by atoms with Crippen molar-refractivity contribution < 1.29 is 18.7 Å². The van der Waals surface area contributed by atoms with Gasteiger partial charge in [0.1, 0.15) is 12.1 Å². The van der Waals surface area contributed by atoms with Crippen LogP contribution in [0.2, 0.25) is 5.02 Å². The maximum atomic E-state index is 12.7. The summed E-state index contributed by atoms with van der Waals surface area (Å²) in [4.78, 5) is 41.2. The highest BCUT2D eigenvalue weighted by atomic mass is 35.5. The fraction of sp³-hybridized carbons (Fsp3) is 0.100. The smallest absolute Gasteiger partial charge is 0.325 e. The van der Waals surface area contributed by atoms with Crippen LogP contribution in [0.3, 0.4) is 0 Å². The molecule has 2 aromatic heterocycles. The molecule has 0 spiro atoms. The standard InChI is InChI=1S/C20H13ClN2O5S/c1-27-17(25)10-23-18-12(21)6-4-8-16(18)29-20(23)22-19(26)15-9-13(24)11-5-2-3-7-14(11)28-15/h2-9H,10H2,1H3. The first kappa shape index (κ1) is 19.1. The van der Waals surface area contributed by atoms with E-state index in [0.29, 0.717) is 21.5 Å². The highest BCUT2D eigenvalue weighted by Gasteiger charge is 2.16. The molecule has 1 amide bonds. The predicted molar refractivity (Wildman–Crippen MR) is 109 cm³/mol. The topological polar surface area (TPSA) is 90.9 Å². The summed E-state index contributed by atoms with van der Waals surface area (Å²) >= 11 is 7.47. The van der Waals surface area contributed by atoms with Crippen molar-refractivity contribution in [2.45, 2.75) is 6.54 Å². The number of nitrogens with zero attached hydrogens (tertiary/aromatic N) is 2. The van der Waals surface area contributed by atoms with Gasteiger partial charge in [0.2, 0.25) is 0 Å². The number of halogens is 1. The highest BCUT2D eigenvalue weighted by Crippen LogP contribution is 2.25. The SMILES string of the molecule is COC(=O)Cn1c(=NC(=O)c2cc(=O)c3ccccc3o2)sc2cccc(Cl)c21. The summed E-state index contributed by atoms with van der Waals surface area (Å²) in [7, 11) is 1.27. The van der Waals surface area contributed by atoms with Crippen LogP contribution in [0, 0.1) is 0 Å². The van der Waals surface area contributed by atoms with Gasteiger partial charge in [-0.25, -0.2) is 0 Å². The number of benzene rings is 2. The van der Waals surface area contributed by atoms with Gasteiger partial charge in [-0.2, -0.15) is 4.99 Å². The molecular weight excluding hydrogens is 416 g/mol. The first-order chi connectivity index (χ1) is 14.0. The van der Waals surface area contributed by atoms with Crippen LogP contribution in [0.4, 0.5) is 0 Å². The van der Waals surface area contributed by atoms with Crippen molar-refractivity contribution in [3.05, 3.63) is 74.3 Å². The number of aromatic nitrogens is 1. The molecule has 0 radical (unpaired) electrons.